The van der Waals surface area contributed by atoms with Crippen molar-refractivity contribution in [3.63, 3.8) is 0 Å². The first-order chi connectivity index (χ1) is 14.7. The molecule has 0 saturated carbocycles. The topological polar surface area (TPSA) is 121 Å². The molecule has 13 heteroatoms. The predicted octanol–water partition coefficient (Wildman–Crippen LogP) is 5.83. The number of aromatic amines is 1. The molecule has 0 saturated heterocycles. The molecule has 3 N–H and O–H groups in total. The SMILES string of the molecule is C.CCOC(C)(OCC)OCC.Cc1nc2c(Cl)ncnc2s1.Nc1c(Cl)[nH]cnc1=S. The van der Waals surface area contributed by atoms with Gasteiger partial charge < -0.3 is 24.9 Å². The van der Waals surface area contributed by atoms with E-state index < -0.39 is 5.97 Å². The number of hydrogen-bond donors (Lipinski definition) is 2. The third-order valence-corrected chi connectivity index (χ3v) is 5.11. The van der Waals surface area contributed by atoms with Crippen LogP contribution in [0.5, 0.6) is 0 Å². The Hall–Kier alpha value is -1.47. The highest BCUT2D eigenvalue weighted by Crippen LogP contribution is 2.23. The summed E-state index contributed by atoms with van der Waals surface area (Å²) >= 11 is 17.5. The monoisotopic (exact) mass is 524 g/mol. The van der Waals surface area contributed by atoms with Gasteiger partial charge in [0.15, 0.2) is 9.79 Å². The maximum atomic E-state index is 5.76. The van der Waals surface area contributed by atoms with Gasteiger partial charge in [0.1, 0.15) is 27.5 Å². The molecule has 9 nitrogen and oxygen atoms in total. The Morgan fingerprint density at radius 1 is 1.09 bits per heavy atom. The van der Waals surface area contributed by atoms with Gasteiger partial charge in [-0.3, -0.25) is 0 Å². The lowest BCUT2D eigenvalue weighted by molar-refractivity contribution is -0.365. The fourth-order valence-corrected chi connectivity index (χ4v) is 3.47. The van der Waals surface area contributed by atoms with E-state index in [0.717, 1.165) is 9.84 Å². The Morgan fingerprint density at radius 3 is 2.09 bits per heavy atom. The van der Waals surface area contributed by atoms with Crippen molar-refractivity contribution in [3.05, 3.63) is 32.6 Å². The molecule has 3 rings (SSSR count). The summed E-state index contributed by atoms with van der Waals surface area (Å²) in [4.78, 5) is 19.2. The predicted molar refractivity (Wildman–Crippen MR) is 134 cm³/mol. The first-order valence-electron chi connectivity index (χ1n) is 9.31. The summed E-state index contributed by atoms with van der Waals surface area (Å²) in [7, 11) is 0. The molecule has 0 bridgehead atoms. The van der Waals surface area contributed by atoms with E-state index >= 15 is 0 Å². The van der Waals surface area contributed by atoms with Crippen molar-refractivity contribution in [3.8, 4) is 0 Å². The standard InChI is InChI=1S/C8H18O3.C6H4ClN3S.C4H4ClN3S.CH4/c1-5-9-8(4,10-6-2)11-7-3;1-3-10-4-5(7)8-2-9-6(4)11-3;5-3-2(6)4(9)8-1-7-3;/h5-7H2,1-4H3;2H,1H3;1H,6H2,(H,7,8,9);1H4. The van der Waals surface area contributed by atoms with Crippen LogP contribution < -0.4 is 5.73 Å². The number of hydrogen-bond acceptors (Lipinski definition) is 10. The number of nitrogen functional groups attached to an aromatic ring is 1. The maximum Gasteiger partial charge on any atom is 0.279 e. The van der Waals surface area contributed by atoms with E-state index in [4.69, 9.17) is 55.4 Å². The summed E-state index contributed by atoms with van der Waals surface area (Å²) in [6, 6.07) is 0. The minimum atomic E-state index is -0.849. The van der Waals surface area contributed by atoms with E-state index in [-0.39, 0.29) is 7.43 Å². The zero-order chi connectivity index (χ0) is 23.4. The van der Waals surface area contributed by atoms with E-state index in [1.807, 2.05) is 27.7 Å². The van der Waals surface area contributed by atoms with Gasteiger partial charge in [0.05, 0.1) is 11.3 Å². The highest BCUT2D eigenvalue weighted by molar-refractivity contribution is 7.71. The van der Waals surface area contributed by atoms with Gasteiger partial charge in [-0.05, 0) is 27.7 Å². The van der Waals surface area contributed by atoms with Crippen LogP contribution in [0.2, 0.25) is 10.3 Å². The van der Waals surface area contributed by atoms with Gasteiger partial charge in [-0.15, -0.1) is 0 Å². The van der Waals surface area contributed by atoms with Crippen LogP contribution in [0.3, 0.4) is 0 Å². The van der Waals surface area contributed by atoms with E-state index in [1.165, 1.54) is 24.0 Å². The molecule has 0 radical (unpaired) electrons. The maximum absolute atomic E-state index is 5.76. The number of aromatic nitrogens is 5. The molecule has 0 aliphatic carbocycles. The van der Waals surface area contributed by atoms with Crippen LogP contribution in [0, 0.1) is 11.6 Å². The van der Waals surface area contributed by atoms with Crippen LogP contribution in [0.25, 0.3) is 10.3 Å². The Morgan fingerprint density at radius 2 is 1.66 bits per heavy atom. The number of halogens is 2. The summed E-state index contributed by atoms with van der Waals surface area (Å²) in [5.41, 5.74) is 6.39. The molecule has 32 heavy (non-hydrogen) atoms. The number of nitrogens with two attached hydrogens (primary N) is 1. The lowest BCUT2D eigenvalue weighted by atomic mass is 10.6. The van der Waals surface area contributed by atoms with Crippen LogP contribution in [0.4, 0.5) is 5.69 Å². The molecule has 0 aliphatic heterocycles. The molecule has 3 heterocycles. The lowest BCUT2D eigenvalue weighted by Crippen LogP contribution is -2.35. The number of nitrogens with one attached hydrogen (secondary N) is 1. The highest BCUT2D eigenvalue weighted by atomic mass is 35.5. The summed E-state index contributed by atoms with van der Waals surface area (Å²) < 4.78 is 16.1. The third kappa shape index (κ3) is 9.99. The Kier molecular flexibility index (Phi) is 14.7. The van der Waals surface area contributed by atoms with Crippen molar-refractivity contribution in [1.82, 2.24) is 24.9 Å². The largest absolute Gasteiger partial charge is 0.394 e. The summed E-state index contributed by atoms with van der Waals surface area (Å²) in [6.07, 6.45) is 2.85. The quantitative estimate of drug-likeness (QED) is 0.233. The molecule has 0 atom stereocenters. The molecule has 0 fully saturated rings. The summed E-state index contributed by atoms with van der Waals surface area (Å²) in [5.74, 6) is -0.849. The van der Waals surface area contributed by atoms with Gasteiger partial charge in [0, 0.05) is 26.7 Å². The number of fused-ring (bicyclic) bond motifs is 1. The Bertz CT molecular complexity index is 986. The smallest absolute Gasteiger partial charge is 0.279 e. The molecule has 0 amide bonds. The number of nitrogens with zero attached hydrogens (tertiary/aromatic N) is 4. The first kappa shape index (κ1) is 30.5. The molecular weight excluding hydrogens is 495 g/mol. The Labute approximate surface area is 207 Å². The molecule has 0 aliphatic rings. The van der Waals surface area contributed by atoms with Crippen molar-refractivity contribution in [2.24, 2.45) is 0 Å². The lowest BCUT2D eigenvalue weighted by Gasteiger charge is -2.27. The number of aryl methyl sites for hydroxylation is 1. The van der Waals surface area contributed by atoms with Crippen molar-refractivity contribution in [1.29, 1.82) is 0 Å². The summed E-state index contributed by atoms with van der Waals surface area (Å²) in [5, 5.41) is 1.73. The van der Waals surface area contributed by atoms with E-state index in [1.54, 1.807) is 6.92 Å². The molecule has 3 aromatic rings. The average Bonchev–Trinajstić information content (AvgIpc) is 3.09. The number of H-pyrrole nitrogens is 1. The second kappa shape index (κ2) is 15.4. The zero-order valence-corrected chi connectivity index (χ0v) is 21.1. The minimum absolute atomic E-state index is 0. The molecule has 3 aromatic heterocycles. The fourth-order valence-electron chi connectivity index (χ4n) is 2.13. The fraction of sp³-hybridized carbons (Fsp3) is 0.526. The zero-order valence-electron chi connectivity index (χ0n) is 17.9. The van der Waals surface area contributed by atoms with Gasteiger partial charge in [-0.25, -0.2) is 19.9 Å². The van der Waals surface area contributed by atoms with Crippen LogP contribution in [0.15, 0.2) is 12.7 Å². The molecule has 0 unspecified atom stereocenters. The van der Waals surface area contributed by atoms with Gasteiger partial charge in [0.2, 0.25) is 0 Å². The van der Waals surface area contributed by atoms with E-state index in [9.17, 15) is 0 Å². The third-order valence-electron chi connectivity index (χ3n) is 3.32. The average molecular weight is 526 g/mol. The van der Waals surface area contributed by atoms with Crippen molar-refractivity contribution in [2.45, 2.75) is 48.0 Å². The Balaban J connectivity index is 0.000000446. The normalized spacial score (nSPS) is 10.5. The minimum Gasteiger partial charge on any atom is -0.394 e. The van der Waals surface area contributed by atoms with Gasteiger partial charge in [-0.2, -0.15) is 0 Å². The second-order valence-corrected chi connectivity index (χ2v) is 7.95. The summed E-state index contributed by atoms with van der Waals surface area (Å²) in [6.45, 7) is 11.2. The van der Waals surface area contributed by atoms with Crippen molar-refractivity contribution in [2.75, 3.05) is 25.6 Å². The number of anilines is 1. The van der Waals surface area contributed by atoms with Crippen LogP contribution in [0.1, 0.15) is 40.1 Å². The van der Waals surface area contributed by atoms with Crippen LogP contribution in [-0.2, 0) is 14.2 Å². The second-order valence-electron chi connectivity index (χ2n) is 5.65. The molecule has 0 aromatic carbocycles. The number of rotatable bonds is 6. The van der Waals surface area contributed by atoms with Crippen LogP contribution >= 0.6 is 46.8 Å². The van der Waals surface area contributed by atoms with Gasteiger partial charge in [-0.1, -0.05) is 54.2 Å². The van der Waals surface area contributed by atoms with Crippen molar-refractivity contribution < 1.29 is 14.2 Å². The number of thiazole rings is 1. The number of ether oxygens (including phenoxy) is 3. The van der Waals surface area contributed by atoms with Gasteiger partial charge >= 0.3 is 0 Å². The van der Waals surface area contributed by atoms with E-state index in [2.05, 4.69) is 24.9 Å². The highest BCUT2D eigenvalue weighted by Gasteiger charge is 2.24. The van der Waals surface area contributed by atoms with Crippen LogP contribution in [-0.4, -0.2) is 50.7 Å². The molecule has 180 valence electrons. The molecule has 0 spiro atoms. The first-order valence-corrected chi connectivity index (χ1v) is 11.3. The molecular formula is C19H30Cl2N6O3S2. The van der Waals surface area contributed by atoms with E-state index in [0.29, 0.717) is 46.0 Å². The van der Waals surface area contributed by atoms with Crippen molar-refractivity contribution >= 4 is 62.8 Å². The van der Waals surface area contributed by atoms with Gasteiger partial charge in [0.25, 0.3) is 5.97 Å².